The van der Waals surface area contributed by atoms with Crippen LogP contribution in [0.5, 0.6) is 0 Å². The van der Waals surface area contributed by atoms with Crippen molar-refractivity contribution in [3.05, 3.63) is 60.2 Å². The third kappa shape index (κ3) is 6.13. The van der Waals surface area contributed by atoms with Crippen LogP contribution >= 0.6 is 0 Å². The molecule has 0 spiro atoms. The lowest BCUT2D eigenvalue weighted by Crippen LogP contribution is -2.88. The average Bonchev–Trinajstić information content (AvgIpc) is 2.69. The van der Waals surface area contributed by atoms with Crippen molar-refractivity contribution in [2.75, 3.05) is 25.0 Å². The number of quaternary nitrogens is 1. The molecular formula is C22H32N3O3S+. The summed E-state index contributed by atoms with van der Waals surface area (Å²) in [6, 6.07) is 16.7. The first kappa shape index (κ1) is 23.1. The second-order valence-electron chi connectivity index (χ2n) is 7.29. The summed E-state index contributed by atoms with van der Waals surface area (Å²) in [4.78, 5) is 12.7. The van der Waals surface area contributed by atoms with Gasteiger partial charge in [0, 0.05) is 30.3 Å². The van der Waals surface area contributed by atoms with E-state index in [1.807, 2.05) is 23.5 Å². The second kappa shape index (κ2) is 10.5. The van der Waals surface area contributed by atoms with Crippen LogP contribution in [0.15, 0.2) is 59.5 Å². The minimum Gasteiger partial charge on any atom is -0.332 e. The zero-order valence-corrected chi connectivity index (χ0v) is 18.4. The van der Waals surface area contributed by atoms with Crippen LogP contribution < -0.4 is 10.6 Å². The van der Waals surface area contributed by atoms with Crippen molar-refractivity contribution >= 4 is 21.6 Å². The largest absolute Gasteiger partial charge is 0.332 e. The molecule has 2 aromatic rings. The van der Waals surface area contributed by atoms with E-state index in [2.05, 4.69) is 31.3 Å². The molecule has 0 unspecified atom stereocenters. The van der Waals surface area contributed by atoms with Gasteiger partial charge in [-0.25, -0.2) is 8.42 Å². The maximum Gasteiger partial charge on any atom is 0.279 e. The summed E-state index contributed by atoms with van der Waals surface area (Å²) in [7, 11) is -3.56. The summed E-state index contributed by atoms with van der Waals surface area (Å²) in [5.41, 5.74) is 1.67. The Labute approximate surface area is 174 Å². The summed E-state index contributed by atoms with van der Waals surface area (Å²) >= 11 is 0. The Bertz CT molecular complexity index is 895. The van der Waals surface area contributed by atoms with Gasteiger partial charge in [0.2, 0.25) is 10.0 Å². The van der Waals surface area contributed by atoms with Gasteiger partial charge in [-0.05, 0) is 18.2 Å². The number of carbonyl (C=O) groups is 1. The lowest BCUT2D eigenvalue weighted by Gasteiger charge is -2.20. The highest BCUT2D eigenvalue weighted by Crippen LogP contribution is 2.20. The van der Waals surface area contributed by atoms with Gasteiger partial charge in [-0.1, -0.05) is 64.1 Å². The summed E-state index contributed by atoms with van der Waals surface area (Å²) in [6.07, 6.45) is 0. The van der Waals surface area contributed by atoms with Crippen molar-refractivity contribution in [2.24, 2.45) is 5.92 Å². The molecule has 0 saturated carbocycles. The molecule has 2 rings (SSSR count). The molecule has 158 valence electrons. The molecule has 0 aliphatic rings. The van der Waals surface area contributed by atoms with E-state index in [1.54, 1.807) is 32.0 Å². The van der Waals surface area contributed by atoms with Crippen LogP contribution in [0.25, 0.3) is 0 Å². The highest BCUT2D eigenvalue weighted by Gasteiger charge is 2.23. The van der Waals surface area contributed by atoms with Crippen LogP contribution in [-0.2, 0) is 14.8 Å². The molecule has 2 aromatic carbocycles. The van der Waals surface area contributed by atoms with E-state index in [1.165, 1.54) is 15.9 Å². The SMILES string of the molecule is CCN(CC)S(=O)(=O)c1cccc(NC(=O)C[NH2+][C@@H](c2ccccc2)C(C)C)c1. The van der Waals surface area contributed by atoms with Gasteiger partial charge in [0.1, 0.15) is 6.04 Å². The van der Waals surface area contributed by atoms with Gasteiger partial charge in [0.05, 0.1) is 4.90 Å². The van der Waals surface area contributed by atoms with Crippen LogP contribution in [-0.4, -0.2) is 38.3 Å². The third-order valence-electron chi connectivity index (χ3n) is 4.92. The molecule has 0 aliphatic carbocycles. The molecule has 0 fully saturated rings. The van der Waals surface area contributed by atoms with Crippen LogP contribution in [0.1, 0.15) is 39.3 Å². The molecule has 29 heavy (non-hydrogen) atoms. The van der Waals surface area contributed by atoms with E-state index in [4.69, 9.17) is 0 Å². The van der Waals surface area contributed by atoms with Gasteiger partial charge in [0.15, 0.2) is 6.54 Å². The molecule has 1 atom stereocenters. The predicted molar refractivity (Wildman–Crippen MR) is 116 cm³/mol. The molecule has 0 aliphatic heterocycles. The van der Waals surface area contributed by atoms with Crippen LogP contribution in [0.2, 0.25) is 0 Å². The molecule has 0 radical (unpaired) electrons. The van der Waals surface area contributed by atoms with E-state index >= 15 is 0 Å². The zero-order valence-electron chi connectivity index (χ0n) is 17.6. The monoisotopic (exact) mass is 418 g/mol. The van der Waals surface area contributed by atoms with E-state index in [0.29, 0.717) is 24.7 Å². The summed E-state index contributed by atoms with van der Waals surface area (Å²) in [5, 5.41) is 4.84. The Morgan fingerprint density at radius 1 is 1.03 bits per heavy atom. The first-order valence-electron chi connectivity index (χ1n) is 10.1. The lowest BCUT2D eigenvalue weighted by atomic mass is 9.96. The predicted octanol–water partition coefficient (Wildman–Crippen LogP) is 2.62. The van der Waals surface area contributed by atoms with Crippen LogP contribution in [0.3, 0.4) is 0 Å². The molecule has 7 heteroatoms. The molecule has 3 N–H and O–H groups in total. The summed E-state index contributed by atoms with van der Waals surface area (Å²) in [5.74, 6) is 0.205. The zero-order chi connectivity index (χ0) is 21.4. The van der Waals surface area contributed by atoms with Crippen molar-refractivity contribution in [3.63, 3.8) is 0 Å². The smallest absolute Gasteiger partial charge is 0.279 e. The number of sulfonamides is 1. The number of nitrogens with one attached hydrogen (secondary N) is 1. The van der Waals surface area contributed by atoms with E-state index < -0.39 is 10.0 Å². The minimum atomic E-state index is -3.56. The quantitative estimate of drug-likeness (QED) is 0.622. The van der Waals surface area contributed by atoms with E-state index in [9.17, 15) is 13.2 Å². The van der Waals surface area contributed by atoms with Crippen molar-refractivity contribution in [3.8, 4) is 0 Å². The van der Waals surface area contributed by atoms with Crippen molar-refractivity contribution < 1.29 is 18.5 Å². The maximum atomic E-state index is 12.7. The van der Waals surface area contributed by atoms with Crippen LogP contribution in [0, 0.1) is 5.92 Å². The van der Waals surface area contributed by atoms with Crippen molar-refractivity contribution in [1.29, 1.82) is 0 Å². The van der Waals surface area contributed by atoms with Gasteiger partial charge in [0.25, 0.3) is 5.91 Å². The van der Waals surface area contributed by atoms with Gasteiger partial charge in [-0.2, -0.15) is 4.31 Å². The Kier molecular flexibility index (Phi) is 8.37. The standard InChI is InChI=1S/C22H31N3O3S/c1-5-25(6-2)29(27,28)20-14-10-13-19(15-20)24-21(26)16-23-22(17(3)4)18-11-8-7-9-12-18/h7-15,17,22-23H,5-6,16H2,1-4H3,(H,24,26)/p+1/t22-/m1/s1. The topological polar surface area (TPSA) is 83.1 Å². The van der Waals surface area contributed by atoms with Crippen LogP contribution in [0.4, 0.5) is 5.69 Å². The van der Waals surface area contributed by atoms with Crippen molar-refractivity contribution in [1.82, 2.24) is 4.31 Å². The number of hydrogen-bond acceptors (Lipinski definition) is 3. The average molecular weight is 419 g/mol. The number of rotatable bonds is 10. The molecule has 0 bridgehead atoms. The molecule has 1 amide bonds. The van der Waals surface area contributed by atoms with E-state index in [-0.39, 0.29) is 23.4 Å². The number of hydrogen-bond donors (Lipinski definition) is 2. The summed E-state index contributed by atoms with van der Waals surface area (Å²) < 4.78 is 26.8. The fraction of sp³-hybridized carbons (Fsp3) is 0.409. The van der Waals surface area contributed by atoms with Gasteiger partial charge in [-0.3, -0.25) is 4.79 Å². The highest BCUT2D eigenvalue weighted by atomic mass is 32.2. The van der Waals surface area contributed by atoms with Gasteiger partial charge in [-0.15, -0.1) is 0 Å². The molecular weight excluding hydrogens is 386 g/mol. The molecule has 0 heterocycles. The Balaban J connectivity index is 2.06. The number of amides is 1. The normalized spacial score (nSPS) is 12.9. The highest BCUT2D eigenvalue weighted by molar-refractivity contribution is 7.89. The number of carbonyl (C=O) groups excluding carboxylic acids is 1. The first-order chi connectivity index (χ1) is 13.8. The second-order valence-corrected chi connectivity index (χ2v) is 9.22. The number of nitrogens with zero attached hydrogens (tertiary/aromatic N) is 1. The van der Waals surface area contributed by atoms with Gasteiger partial charge < -0.3 is 10.6 Å². The molecule has 6 nitrogen and oxygen atoms in total. The van der Waals surface area contributed by atoms with Crippen molar-refractivity contribution in [2.45, 2.75) is 38.6 Å². The number of benzene rings is 2. The summed E-state index contributed by atoms with van der Waals surface area (Å²) in [6.45, 7) is 8.94. The molecule has 0 aromatic heterocycles. The third-order valence-corrected chi connectivity index (χ3v) is 6.97. The van der Waals surface area contributed by atoms with Gasteiger partial charge >= 0.3 is 0 Å². The Hall–Kier alpha value is -2.22. The maximum absolute atomic E-state index is 12.7. The number of anilines is 1. The fourth-order valence-electron chi connectivity index (χ4n) is 3.36. The Morgan fingerprint density at radius 2 is 1.69 bits per heavy atom. The van der Waals surface area contributed by atoms with E-state index in [0.717, 1.165) is 0 Å². The minimum absolute atomic E-state index is 0.163. The fourth-order valence-corrected chi connectivity index (χ4v) is 4.87. The number of nitrogens with two attached hydrogens (primary N) is 1. The Morgan fingerprint density at radius 3 is 2.28 bits per heavy atom. The lowest BCUT2D eigenvalue weighted by molar-refractivity contribution is -0.692. The molecule has 0 saturated heterocycles. The first-order valence-corrected chi connectivity index (χ1v) is 11.5.